The van der Waals surface area contributed by atoms with Gasteiger partial charge in [0.1, 0.15) is 11.6 Å². The van der Waals surface area contributed by atoms with Crippen molar-refractivity contribution < 1.29 is 14.3 Å². The lowest BCUT2D eigenvalue weighted by Gasteiger charge is -2.33. The Bertz CT molecular complexity index is 1230. The zero-order valence-electron chi connectivity index (χ0n) is 19.8. The highest BCUT2D eigenvalue weighted by Crippen LogP contribution is 2.39. The SMILES string of the molecule is CCSc1ccc(CC(=O)Nc2cc(C)c3c(n2)CCC(C)(c2cc(OC)cnn2)C3=O)cc1. The van der Waals surface area contributed by atoms with Gasteiger partial charge in [-0.25, -0.2) is 4.98 Å². The van der Waals surface area contributed by atoms with Gasteiger partial charge in [0, 0.05) is 16.5 Å². The van der Waals surface area contributed by atoms with Crippen LogP contribution in [0, 0.1) is 6.92 Å². The minimum Gasteiger partial charge on any atom is -0.495 e. The van der Waals surface area contributed by atoms with Crippen LogP contribution >= 0.6 is 11.8 Å². The minimum absolute atomic E-state index is 0.0378. The number of pyridine rings is 1. The molecule has 176 valence electrons. The lowest BCUT2D eigenvalue weighted by Crippen LogP contribution is -2.39. The molecule has 1 aromatic carbocycles. The maximum absolute atomic E-state index is 13.6. The Morgan fingerprint density at radius 1 is 1.24 bits per heavy atom. The molecular formula is C26H28N4O3S. The Morgan fingerprint density at radius 3 is 2.71 bits per heavy atom. The quantitative estimate of drug-likeness (QED) is 0.499. The molecule has 0 fully saturated rings. The van der Waals surface area contributed by atoms with E-state index >= 15 is 0 Å². The molecule has 1 amide bonds. The summed E-state index contributed by atoms with van der Waals surface area (Å²) in [5, 5.41) is 11.1. The number of nitrogens with zero attached hydrogens (tertiary/aromatic N) is 3. The summed E-state index contributed by atoms with van der Waals surface area (Å²) < 4.78 is 5.26. The third kappa shape index (κ3) is 4.82. The smallest absolute Gasteiger partial charge is 0.229 e. The number of benzene rings is 1. The average Bonchev–Trinajstić information content (AvgIpc) is 2.83. The normalized spacial score (nSPS) is 17.2. The summed E-state index contributed by atoms with van der Waals surface area (Å²) >= 11 is 1.77. The summed E-state index contributed by atoms with van der Waals surface area (Å²) in [5.74, 6) is 1.87. The monoisotopic (exact) mass is 476 g/mol. The van der Waals surface area contributed by atoms with E-state index in [4.69, 9.17) is 4.74 Å². The number of anilines is 1. The minimum atomic E-state index is -0.812. The Balaban J connectivity index is 1.52. The van der Waals surface area contributed by atoms with Gasteiger partial charge in [-0.15, -0.1) is 11.8 Å². The fraction of sp³-hybridized carbons (Fsp3) is 0.346. The van der Waals surface area contributed by atoms with Gasteiger partial charge in [0.15, 0.2) is 5.78 Å². The largest absolute Gasteiger partial charge is 0.495 e. The van der Waals surface area contributed by atoms with E-state index in [1.54, 1.807) is 31.0 Å². The van der Waals surface area contributed by atoms with Crippen LogP contribution in [0.2, 0.25) is 0 Å². The molecule has 0 saturated heterocycles. The number of methoxy groups -OCH3 is 1. The number of amides is 1. The van der Waals surface area contributed by atoms with Crippen molar-refractivity contribution in [2.45, 2.75) is 50.3 Å². The molecule has 34 heavy (non-hydrogen) atoms. The van der Waals surface area contributed by atoms with Gasteiger partial charge in [0.2, 0.25) is 5.91 Å². The lowest BCUT2D eigenvalue weighted by molar-refractivity contribution is -0.115. The van der Waals surface area contributed by atoms with Crippen molar-refractivity contribution in [1.82, 2.24) is 15.2 Å². The standard InChI is InChI=1S/C26H28N4O3S/c1-5-34-19-8-6-17(7-9-19)13-23(31)29-22-12-16(2)24-20(28-22)10-11-26(3,25(24)32)21-14-18(33-4)15-27-30-21/h6-9,12,14-15H,5,10-11,13H2,1-4H3,(H,28,29,31). The lowest BCUT2D eigenvalue weighted by atomic mass is 9.70. The van der Waals surface area contributed by atoms with Gasteiger partial charge in [-0.1, -0.05) is 19.1 Å². The Morgan fingerprint density at radius 2 is 2.00 bits per heavy atom. The van der Waals surface area contributed by atoms with Crippen LogP contribution in [-0.4, -0.2) is 39.7 Å². The van der Waals surface area contributed by atoms with Crippen molar-refractivity contribution in [1.29, 1.82) is 0 Å². The van der Waals surface area contributed by atoms with E-state index in [9.17, 15) is 9.59 Å². The second kappa shape index (κ2) is 9.93. The highest BCUT2D eigenvalue weighted by molar-refractivity contribution is 7.99. The Kier molecular flexibility index (Phi) is 6.97. The number of rotatable bonds is 7. The van der Waals surface area contributed by atoms with Crippen molar-refractivity contribution in [3.05, 3.63) is 70.7 Å². The van der Waals surface area contributed by atoms with Gasteiger partial charge in [0.05, 0.1) is 36.5 Å². The summed E-state index contributed by atoms with van der Waals surface area (Å²) in [4.78, 5) is 32.0. The summed E-state index contributed by atoms with van der Waals surface area (Å²) in [6.45, 7) is 5.88. The number of ether oxygens (including phenoxy) is 1. The van der Waals surface area contributed by atoms with E-state index in [1.807, 2.05) is 38.1 Å². The van der Waals surface area contributed by atoms with Gasteiger partial charge in [-0.05, 0) is 61.8 Å². The molecule has 0 bridgehead atoms. The third-order valence-electron chi connectivity index (χ3n) is 6.18. The number of aryl methyl sites for hydroxylation is 2. The van der Waals surface area contributed by atoms with E-state index in [0.717, 1.165) is 16.9 Å². The molecule has 1 N–H and O–H groups in total. The summed E-state index contributed by atoms with van der Waals surface area (Å²) in [7, 11) is 1.56. The number of carbonyl (C=O) groups is 2. The molecule has 2 aromatic heterocycles. The van der Waals surface area contributed by atoms with Crippen LogP contribution in [0.4, 0.5) is 5.82 Å². The zero-order valence-corrected chi connectivity index (χ0v) is 20.7. The fourth-order valence-electron chi connectivity index (χ4n) is 4.27. The molecule has 0 aliphatic heterocycles. The highest BCUT2D eigenvalue weighted by atomic mass is 32.2. The molecule has 2 heterocycles. The molecule has 7 nitrogen and oxygen atoms in total. The van der Waals surface area contributed by atoms with E-state index < -0.39 is 5.41 Å². The van der Waals surface area contributed by atoms with Crippen LogP contribution in [0.15, 0.2) is 47.5 Å². The predicted octanol–water partition coefficient (Wildman–Crippen LogP) is 4.57. The Hall–Kier alpha value is -3.26. The molecule has 1 aliphatic rings. The van der Waals surface area contributed by atoms with E-state index in [0.29, 0.717) is 41.4 Å². The van der Waals surface area contributed by atoms with Crippen molar-refractivity contribution in [2.24, 2.45) is 0 Å². The fourth-order valence-corrected chi connectivity index (χ4v) is 4.93. The summed E-state index contributed by atoms with van der Waals surface area (Å²) in [6.07, 6.45) is 2.93. The van der Waals surface area contributed by atoms with Crippen LogP contribution < -0.4 is 10.1 Å². The maximum atomic E-state index is 13.6. The number of thioether (sulfide) groups is 1. The number of Topliss-reactive ketones (excluding diaryl/α,β-unsaturated/α-hetero) is 1. The number of carbonyl (C=O) groups excluding carboxylic acids is 2. The van der Waals surface area contributed by atoms with Crippen molar-refractivity contribution in [3.8, 4) is 5.75 Å². The number of aromatic nitrogens is 3. The van der Waals surface area contributed by atoms with E-state index in [1.165, 1.54) is 11.1 Å². The van der Waals surface area contributed by atoms with Gasteiger partial charge in [-0.2, -0.15) is 10.2 Å². The number of hydrogen-bond donors (Lipinski definition) is 1. The molecule has 1 atom stereocenters. The number of hydrogen-bond acceptors (Lipinski definition) is 7. The number of nitrogens with one attached hydrogen (secondary N) is 1. The first-order valence-corrected chi connectivity index (χ1v) is 12.3. The average molecular weight is 477 g/mol. The number of fused-ring (bicyclic) bond motifs is 1. The van der Waals surface area contributed by atoms with Crippen molar-refractivity contribution >= 4 is 29.3 Å². The second-order valence-electron chi connectivity index (χ2n) is 8.59. The van der Waals surface area contributed by atoms with E-state index in [-0.39, 0.29) is 18.1 Å². The summed E-state index contributed by atoms with van der Waals surface area (Å²) in [6, 6.07) is 11.5. The van der Waals surface area contributed by atoms with Crippen LogP contribution in [0.1, 0.15) is 53.1 Å². The van der Waals surface area contributed by atoms with Crippen LogP contribution in [0.25, 0.3) is 0 Å². The molecule has 4 rings (SSSR count). The molecule has 1 aliphatic carbocycles. The van der Waals surface area contributed by atoms with Crippen molar-refractivity contribution in [3.63, 3.8) is 0 Å². The predicted molar refractivity (Wildman–Crippen MR) is 133 cm³/mol. The second-order valence-corrected chi connectivity index (χ2v) is 9.93. The van der Waals surface area contributed by atoms with Gasteiger partial charge in [0.25, 0.3) is 0 Å². The zero-order chi connectivity index (χ0) is 24.3. The van der Waals surface area contributed by atoms with Crippen LogP contribution in [0.3, 0.4) is 0 Å². The molecule has 3 aromatic rings. The molecule has 1 unspecified atom stereocenters. The first-order valence-electron chi connectivity index (χ1n) is 11.3. The molecule has 0 spiro atoms. The molecule has 0 radical (unpaired) electrons. The van der Waals surface area contributed by atoms with Crippen molar-refractivity contribution in [2.75, 3.05) is 18.2 Å². The van der Waals surface area contributed by atoms with Gasteiger partial charge in [-0.3, -0.25) is 9.59 Å². The van der Waals surface area contributed by atoms with Gasteiger partial charge >= 0.3 is 0 Å². The van der Waals surface area contributed by atoms with Crippen LogP contribution in [0.5, 0.6) is 5.75 Å². The van der Waals surface area contributed by atoms with Crippen LogP contribution in [-0.2, 0) is 23.1 Å². The molecule has 8 heteroatoms. The number of ketones is 1. The first kappa shape index (κ1) is 23.9. The highest BCUT2D eigenvalue weighted by Gasteiger charge is 2.43. The first-order chi connectivity index (χ1) is 16.3. The summed E-state index contributed by atoms with van der Waals surface area (Å²) in [5.41, 5.74) is 2.80. The third-order valence-corrected chi connectivity index (χ3v) is 7.07. The topological polar surface area (TPSA) is 94.1 Å². The maximum Gasteiger partial charge on any atom is 0.229 e. The Labute approximate surface area is 203 Å². The van der Waals surface area contributed by atoms with Gasteiger partial charge < -0.3 is 10.1 Å². The molecule has 0 saturated carbocycles. The van der Waals surface area contributed by atoms with E-state index in [2.05, 4.69) is 27.4 Å². The molecular weight excluding hydrogens is 448 g/mol.